The molecule has 1 aliphatic rings. The fourth-order valence-electron chi connectivity index (χ4n) is 2.72. The van der Waals surface area contributed by atoms with Gasteiger partial charge >= 0.3 is 0 Å². The molecular formula is C18H15ClN2O3S. The van der Waals surface area contributed by atoms with Crippen LogP contribution in [0.4, 0.5) is 0 Å². The van der Waals surface area contributed by atoms with Crippen LogP contribution in [0.2, 0.25) is 5.02 Å². The minimum absolute atomic E-state index is 0.177. The lowest BCUT2D eigenvalue weighted by molar-refractivity contribution is -0.117. The monoisotopic (exact) mass is 374 g/mol. The number of hydrogen-bond acceptors (Lipinski definition) is 4. The molecule has 5 nitrogen and oxygen atoms in total. The molecule has 0 fully saturated rings. The molecule has 0 radical (unpaired) electrons. The van der Waals surface area contributed by atoms with Crippen molar-refractivity contribution in [1.82, 2.24) is 4.57 Å². The van der Waals surface area contributed by atoms with Crippen LogP contribution in [0.25, 0.3) is 10.2 Å². The summed E-state index contributed by atoms with van der Waals surface area (Å²) in [4.78, 5) is 17.2. The molecule has 2 heterocycles. The van der Waals surface area contributed by atoms with E-state index in [0.29, 0.717) is 23.0 Å². The summed E-state index contributed by atoms with van der Waals surface area (Å²) in [7, 11) is 1.89. The first-order valence-electron chi connectivity index (χ1n) is 7.82. The fraction of sp³-hybridized carbons (Fsp3) is 0.222. The molecule has 0 atom stereocenters. The number of thiazole rings is 1. The van der Waals surface area contributed by atoms with E-state index < -0.39 is 0 Å². The minimum atomic E-state index is -0.229. The highest BCUT2D eigenvalue weighted by Gasteiger charge is 2.15. The first kappa shape index (κ1) is 16.2. The van der Waals surface area contributed by atoms with Gasteiger partial charge in [-0.25, -0.2) is 0 Å². The number of amides is 1. The van der Waals surface area contributed by atoms with E-state index in [9.17, 15) is 4.79 Å². The molecule has 1 aliphatic heterocycles. The summed E-state index contributed by atoms with van der Waals surface area (Å²) in [6.07, 6.45) is 0.177. The molecule has 0 spiro atoms. The lowest BCUT2D eigenvalue weighted by atomic mass is 10.1. The van der Waals surface area contributed by atoms with E-state index in [4.69, 9.17) is 21.1 Å². The molecule has 0 unspecified atom stereocenters. The molecule has 0 N–H and O–H groups in total. The number of nitrogens with zero attached hydrogens (tertiary/aromatic N) is 2. The van der Waals surface area contributed by atoms with Crippen molar-refractivity contribution in [1.29, 1.82) is 0 Å². The van der Waals surface area contributed by atoms with Gasteiger partial charge in [-0.3, -0.25) is 4.79 Å². The van der Waals surface area contributed by atoms with E-state index in [1.54, 1.807) is 6.07 Å². The Morgan fingerprint density at radius 3 is 2.72 bits per heavy atom. The third-order valence-corrected chi connectivity index (χ3v) is 5.46. The quantitative estimate of drug-likeness (QED) is 0.691. The molecular weight excluding hydrogens is 360 g/mol. The predicted molar refractivity (Wildman–Crippen MR) is 97.5 cm³/mol. The van der Waals surface area contributed by atoms with Gasteiger partial charge in [-0.15, -0.1) is 0 Å². The number of ether oxygens (including phenoxy) is 2. The number of rotatable bonds is 2. The Labute approximate surface area is 153 Å². The highest BCUT2D eigenvalue weighted by Crippen LogP contribution is 2.35. The maximum absolute atomic E-state index is 12.3. The normalized spacial score (nSPS) is 14.1. The van der Waals surface area contributed by atoms with Gasteiger partial charge in [0.1, 0.15) is 13.2 Å². The molecule has 0 saturated carbocycles. The molecule has 7 heteroatoms. The molecule has 25 heavy (non-hydrogen) atoms. The summed E-state index contributed by atoms with van der Waals surface area (Å²) in [5, 5.41) is 0.578. The van der Waals surface area contributed by atoms with Crippen LogP contribution in [0.5, 0.6) is 11.5 Å². The summed E-state index contributed by atoms with van der Waals surface area (Å²) >= 11 is 7.56. The Kier molecular flexibility index (Phi) is 4.23. The van der Waals surface area contributed by atoms with Crippen LogP contribution < -0.4 is 14.3 Å². The highest BCUT2D eigenvalue weighted by molar-refractivity contribution is 7.16. The van der Waals surface area contributed by atoms with Crippen molar-refractivity contribution in [3.8, 4) is 11.5 Å². The molecule has 0 saturated heterocycles. The van der Waals surface area contributed by atoms with Gasteiger partial charge < -0.3 is 14.0 Å². The van der Waals surface area contributed by atoms with Crippen molar-refractivity contribution in [3.63, 3.8) is 0 Å². The summed E-state index contributed by atoms with van der Waals surface area (Å²) in [5.41, 5.74) is 1.73. The van der Waals surface area contributed by atoms with Crippen LogP contribution in [0, 0.1) is 0 Å². The maximum atomic E-state index is 12.3. The van der Waals surface area contributed by atoms with Gasteiger partial charge in [0.05, 0.1) is 16.6 Å². The van der Waals surface area contributed by atoms with Crippen molar-refractivity contribution in [2.45, 2.75) is 6.42 Å². The van der Waals surface area contributed by atoms with E-state index >= 15 is 0 Å². The van der Waals surface area contributed by atoms with Crippen LogP contribution in [-0.2, 0) is 18.3 Å². The van der Waals surface area contributed by atoms with E-state index in [1.165, 1.54) is 11.3 Å². The summed E-state index contributed by atoms with van der Waals surface area (Å²) in [6.45, 7) is 1.09. The molecule has 1 aromatic heterocycles. The first-order chi connectivity index (χ1) is 12.1. The zero-order valence-electron chi connectivity index (χ0n) is 13.5. The number of hydrogen-bond donors (Lipinski definition) is 0. The minimum Gasteiger partial charge on any atom is -0.486 e. The second-order valence-electron chi connectivity index (χ2n) is 5.68. The zero-order chi connectivity index (χ0) is 17.4. The topological polar surface area (TPSA) is 52.8 Å². The third-order valence-electron chi connectivity index (χ3n) is 3.99. The number of halogens is 1. The largest absolute Gasteiger partial charge is 0.486 e. The van der Waals surface area contributed by atoms with Crippen molar-refractivity contribution in [2.75, 3.05) is 13.2 Å². The molecule has 2 aromatic carbocycles. The average molecular weight is 375 g/mol. The van der Waals surface area contributed by atoms with E-state index in [-0.39, 0.29) is 12.3 Å². The Bertz CT molecular complexity index is 1040. The van der Waals surface area contributed by atoms with Crippen LogP contribution in [0.3, 0.4) is 0 Å². The van der Waals surface area contributed by atoms with E-state index in [0.717, 1.165) is 27.3 Å². The third kappa shape index (κ3) is 3.15. The number of carbonyl (C=O) groups is 1. The maximum Gasteiger partial charge on any atom is 0.252 e. The van der Waals surface area contributed by atoms with Gasteiger partial charge in [-0.05, 0) is 11.6 Å². The van der Waals surface area contributed by atoms with Crippen molar-refractivity contribution in [3.05, 3.63) is 51.8 Å². The fourth-order valence-corrected chi connectivity index (χ4v) is 3.97. The van der Waals surface area contributed by atoms with Crippen molar-refractivity contribution in [2.24, 2.45) is 12.0 Å². The molecule has 128 valence electrons. The lowest BCUT2D eigenvalue weighted by Crippen LogP contribution is -2.16. The van der Waals surface area contributed by atoms with E-state index in [1.807, 2.05) is 41.9 Å². The average Bonchev–Trinajstić information content (AvgIpc) is 2.90. The highest BCUT2D eigenvalue weighted by atomic mass is 35.5. The van der Waals surface area contributed by atoms with Crippen molar-refractivity contribution >= 4 is 39.1 Å². The predicted octanol–water partition coefficient (Wildman–Crippen LogP) is 3.33. The number of benzene rings is 2. The summed E-state index contributed by atoms with van der Waals surface area (Å²) in [6, 6.07) is 11.2. The lowest BCUT2D eigenvalue weighted by Gasteiger charge is -2.18. The van der Waals surface area contributed by atoms with Crippen molar-refractivity contribution < 1.29 is 14.3 Å². The SMILES string of the molecule is Cn1c(=NC(=O)Cc2ccccc2Cl)sc2cc3c(cc21)OCCO3. The van der Waals surface area contributed by atoms with Gasteiger partial charge in [0.2, 0.25) is 0 Å². The van der Waals surface area contributed by atoms with Gasteiger partial charge in [-0.2, -0.15) is 4.99 Å². The molecule has 0 aliphatic carbocycles. The Morgan fingerprint density at radius 2 is 1.96 bits per heavy atom. The Morgan fingerprint density at radius 1 is 1.24 bits per heavy atom. The number of carbonyl (C=O) groups excluding carboxylic acids is 1. The number of fused-ring (bicyclic) bond motifs is 2. The first-order valence-corrected chi connectivity index (χ1v) is 9.01. The van der Waals surface area contributed by atoms with E-state index in [2.05, 4.69) is 4.99 Å². The van der Waals surface area contributed by atoms with Crippen LogP contribution in [-0.4, -0.2) is 23.7 Å². The van der Waals surface area contributed by atoms with Crippen LogP contribution in [0.1, 0.15) is 5.56 Å². The number of aryl methyl sites for hydroxylation is 1. The summed E-state index contributed by atoms with van der Waals surface area (Å²) in [5.74, 6) is 1.23. The second kappa shape index (κ2) is 6.54. The summed E-state index contributed by atoms with van der Waals surface area (Å²) < 4.78 is 14.1. The number of aromatic nitrogens is 1. The van der Waals surface area contributed by atoms with Crippen LogP contribution in [0.15, 0.2) is 41.4 Å². The molecule has 1 amide bonds. The standard InChI is InChI=1S/C18H15ClN2O3S/c1-21-13-9-14-15(24-7-6-23-14)10-16(13)25-18(21)20-17(22)8-11-4-2-3-5-12(11)19/h2-5,9-10H,6-8H2,1H3. The molecule has 3 aromatic rings. The van der Waals surface area contributed by atoms with Crippen LogP contribution >= 0.6 is 22.9 Å². The Balaban J connectivity index is 1.71. The van der Waals surface area contributed by atoms with Gasteiger partial charge in [0.25, 0.3) is 5.91 Å². The van der Waals surface area contributed by atoms with Gasteiger partial charge in [-0.1, -0.05) is 41.1 Å². The second-order valence-corrected chi connectivity index (χ2v) is 7.10. The van der Waals surface area contributed by atoms with Gasteiger partial charge in [0.15, 0.2) is 16.3 Å². The Hall–Kier alpha value is -2.31. The molecule has 4 rings (SSSR count). The zero-order valence-corrected chi connectivity index (χ0v) is 15.1. The molecule has 0 bridgehead atoms. The van der Waals surface area contributed by atoms with Gasteiger partial charge in [0, 0.05) is 24.2 Å². The smallest absolute Gasteiger partial charge is 0.252 e.